The SMILES string of the molecule is O=C(Nc1cccnc1)C1CN(C(=O)Cc2ccccc2)CC12CCOCC2. The summed E-state index contributed by atoms with van der Waals surface area (Å²) in [5, 5.41) is 2.98. The van der Waals surface area contributed by atoms with Crippen LogP contribution < -0.4 is 5.32 Å². The highest BCUT2D eigenvalue weighted by molar-refractivity contribution is 5.94. The molecule has 2 aromatic rings. The Balaban J connectivity index is 1.50. The standard InChI is InChI=1S/C22H25N3O3/c26-20(13-17-5-2-1-3-6-17)25-15-19(22(16-25)8-11-28-12-9-22)21(27)24-18-7-4-10-23-14-18/h1-7,10,14,19H,8-9,11-13,15-16H2,(H,24,27). The third-order valence-corrected chi connectivity index (χ3v) is 5.93. The van der Waals surface area contributed by atoms with Gasteiger partial charge in [-0.3, -0.25) is 14.6 Å². The molecule has 2 saturated heterocycles. The topological polar surface area (TPSA) is 71.5 Å². The fraction of sp³-hybridized carbons (Fsp3) is 0.409. The van der Waals surface area contributed by atoms with Gasteiger partial charge in [-0.05, 0) is 30.5 Å². The predicted octanol–water partition coefficient (Wildman–Crippen LogP) is 2.52. The summed E-state index contributed by atoms with van der Waals surface area (Å²) in [5.74, 6) is -0.199. The van der Waals surface area contributed by atoms with Gasteiger partial charge in [0.05, 0.1) is 24.2 Å². The number of ether oxygens (including phenoxy) is 1. The summed E-state index contributed by atoms with van der Waals surface area (Å²) in [6, 6.07) is 13.4. The van der Waals surface area contributed by atoms with E-state index in [1.807, 2.05) is 41.3 Å². The summed E-state index contributed by atoms with van der Waals surface area (Å²) in [4.78, 5) is 31.9. The third kappa shape index (κ3) is 3.92. The van der Waals surface area contributed by atoms with Gasteiger partial charge >= 0.3 is 0 Å². The van der Waals surface area contributed by atoms with Crippen molar-refractivity contribution in [3.05, 3.63) is 60.4 Å². The maximum Gasteiger partial charge on any atom is 0.229 e. The molecule has 0 aliphatic carbocycles. The van der Waals surface area contributed by atoms with Crippen molar-refractivity contribution < 1.29 is 14.3 Å². The summed E-state index contributed by atoms with van der Waals surface area (Å²) in [7, 11) is 0. The van der Waals surface area contributed by atoms with E-state index in [9.17, 15) is 9.59 Å². The zero-order valence-electron chi connectivity index (χ0n) is 15.8. The van der Waals surface area contributed by atoms with Crippen LogP contribution in [0.3, 0.4) is 0 Å². The summed E-state index contributed by atoms with van der Waals surface area (Å²) in [6.45, 7) is 2.35. The van der Waals surface area contributed by atoms with Gasteiger partial charge in [0, 0.05) is 37.9 Å². The largest absolute Gasteiger partial charge is 0.381 e. The molecular formula is C22H25N3O3. The number of likely N-dealkylation sites (tertiary alicyclic amines) is 1. The van der Waals surface area contributed by atoms with E-state index in [4.69, 9.17) is 4.74 Å². The van der Waals surface area contributed by atoms with Crippen LogP contribution in [0.25, 0.3) is 0 Å². The molecule has 6 heteroatoms. The number of hydrogen-bond donors (Lipinski definition) is 1. The van der Waals surface area contributed by atoms with Crippen LogP contribution in [0.2, 0.25) is 0 Å². The summed E-state index contributed by atoms with van der Waals surface area (Å²) in [5.41, 5.74) is 1.47. The van der Waals surface area contributed by atoms with Crippen LogP contribution in [0.1, 0.15) is 18.4 Å². The van der Waals surface area contributed by atoms with E-state index in [2.05, 4.69) is 10.3 Å². The molecule has 4 rings (SSSR count). The number of carbonyl (C=O) groups excluding carboxylic acids is 2. The molecule has 1 atom stereocenters. The lowest BCUT2D eigenvalue weighted by Gasteiger charge is -2.37. The fourth-order valence-corrected chi connectivity index (χ4v) is 4.35. The highest BCUT2D eigenvalue weighted by Gasteiger charge is 2.51. The van der Waals surface area contributed by atoms with Crippen molar-refractivity contribution >= 4 is 17.5 Å². The Morgan fingerprint density at radius 2 is 1.93 bits per heavy atom. The average molecular weight is 379 g/mol. The van der Waals surface area contributed by atoms with Crippen molar-refractivity contribution in [2.75, 3.05) is 31.6 Å². The zero-order valence-corrected chi connectivity index (χ0v) is 15.8. The average Bonchev–Trinajstić information content (AvgIpc) is 3.09. The van der Waals surface area contributed by atoms with E-state index in [1.54, 1.807) is 18.5 Å². The maximum atomic E-state index is 13.1. The molecule has 1 unspecified atom stereocenters. The van der Waals surface area contributed by atoms with Gasteiger partial charge in [0.1, 0.15) is 0 Å². The van der Waals surface area contributed by atoms with Gasteiger partial charge < -0.3 is 15.0 Å². The Morgan fingerprint density at radius 1 is 1.14 bits per heavy atom. The van der Waals surface area contributed by atoms with Crippen LogP contribution in [0.4, 0.5) is 5.69 Å². The highest BCUT2D eigenvalue weighted by atomic mass is 16.5. The molecule has 146 valence electrons. The molecule has 28 heavy (non-hydrogen) atoms. The quantitative estimate of drug-likeness (QED) is 0.886. The van der Waals surface area contributed by atoms with Gasteiger partial charge in [-0.2, -0.15) is 0 Å². The minimum atomic E-state index is -0.240. The Morgan fingerprint density at radius 3 is 2.64 bits per heavy atom. The fourth-order valence-electron chi connectivity index (χ4n) is 4.35. The summed E-state index contributed by atoms with van der Waals surface area (Å²) < 4.78 is 5.55. The van der Waals surface area contributed by atoms with Crippen LogP contribution in [-0.4, -0.2) is 48.0 Å². The maximum absolute atomic E-state index is 13.1. The lowest BCUT2D eigenvalue weighted by atomic mass is 9.71. The van der Waals surface area contributed by atoms with E-state index in [-0.39, 0.29) is 23.1 Å². The number of anilines is 1. The molecular weight excluding hydrogens is 354 g/mol. The Hall–Kier alpha value is -2.73. The molecule has 1 aromatic heterocycles. The van der Waals surface area contributed by atoms with Crippen LogP contribution >= 0.6 is 0 Å². The van der Waals surface area contributed by atoms with E-state index in [1.165, 1.54) is 0 Å². The molecule has 2 aliphatic heterocycles. The molecule has 2 aliphatic rings. The number of hydrogen-bond acceptors (Lipinski definition) is 4. The number of nitrogens with one attached hydrogen (secondary N) is 1. The van der Waals surface area contributed by atoms with Crippen LogP contribution in [0, 0.1) is 11.3 Å². The van der Waals surface area contributed by atoms with Gasteiger partial charge in [0.15, 0.2) is 0 Å². The van der Waals surface area contributed by atoms with Crippen molar-refractivity contribution in [1.29, 1.82) is 0 Å². The van der Waals surface area contributed by atoms with Gasteiger partial charge in [0.25, 0.3) is 0 Å². The number of benzene rings is 1. The Labute approximate surface area is 164 Å². The van der Waals surface area contributed by atoms with Crippen molar-refractivity contribution in [3.8, 4) is 0 Å². The number of amides is 2. The zero-order chi connectivity index (χ0) is 19.4. The molecule has 6 nitrogen and oxygen atoms in total. The third-order valence-electron chi connectivity index (χ3n) is 5.93. The van der Waals surface area contributed by atoms with E-state index < -0.39 is 0 Å². The predicted molar refractivity (Wildman–Crippen MR) is 106 cm³/mol. The van der Waals surface area contributed by atoms with E-state index in [0.717, 1.165) is 18.4 Å². The van der Waals surface area contributed by atoms with Crippen LogP contribution in [0.15, 0.2) is 54.9 Å². The number of rotatable bonds is 4. The molecule has 1 aromatic carbocycles. The number of aromatic nitrogens is 1. The minimum Gasteiger partial charge on any atom is -0.381 e. The Kier molecular flexibility index (Phi) is 5.39. The molecule has 3 heterocycles. The molecule has 2 amide bonds. The first-order valence-corrected chi connectivity index (χ1v) is 9.77. The van der Waals surface area contributed by atoms with Crippen LogP contribution in [0.5, 0.6) is 0 Å². The van der Waals surface area contributed by atoms with Crippen molar-refractivity contribution in [2.45, 2.75) is 19.3 Å². The molecule has 0 saturated carbocycles. The molecule has 2 fully saturated rings. The second-order valence-corrected chi connectivity index (χ2v) is 7.69. The second kappa shape index (κ2) is 8.10. The lowest BCUT2D eigenvalue weighted by Crippen LogP contribution is -2.42. The first-order valence-electron chi connectivity index (χ1n) is 9.77. The van der Waals surface area contributed by atoms with Gasteiger partial charge in [0.2, 0.25) is 11.8 Å². The monoisotopic (exact) mass is 379 g/mol. The molecule has 1 N–H and O–H groups in total. The van der Waals surface area contributed by atoms with Crippen molar-refractivity contribution in [2.24, 2.45) is 11.3 Å². The van der Waals surface area contributed by atoms with E-state index >= 15 is 0 Å². The second-order valence-electron chi connectivity index (χ2n) is 7.69. The number of carbonyl (C=O) groups is 2. The van der Waals surface area contributed by atoms with E-state index in [0.29, 0.717) is 38.4 Å². The number of pyridine rings is 1. The Bertz CT molecular complexity index is 819. The normalized spacial score (nSPS) is 20.9. The van der Waals surface area contributed by atoms with Crippen LogP contribution in [-0.2, 0) is 20.7 Å². The minimum absolute atomic E-state index is 0.0371. The molecule has 0 radical (unpaired) electrons. The lowest BCUT2D eigenvalue weighted by molar-refractivity contribution is -0.130. The van der Waals surface area contributed by atoms with Gasteiger partial charge in [-0.1, -0.05) is 30.3 Å². The van der Waals surface area contributed by atoms with Crippen molar-refractivity contribution in [3.63, 3.8) is 0 Å². The smallest absolute Gasteiger partial charge is 0.229 e. The highest BCUT2D eigenvalue weighted by Crippen LogP contribution is 2.45. The number of nitrogens with zero attached hydrogens (tertiary/aromatic N) is 2. The van der Waals surface area contributed by atoms with Gasteiger partial charge in [-0.25, -0.2) is 0 Å². The first-order chi connectivity index (χ1) is 13.7. The van der Waals surface area contributed by atoms with Gasteiger partial charge in [-0.15, -0.1) is 0 Å². The summed E-state index contributed by atoms with van der Waals surface area (Å²) >= 11 is 0. The van der Waals surface area contributed by atoms with Crippen molar-refractivity contribution in [1.82, 2.24) is 9.88 Å². The summed E-state index contributed by atoms with van der Waals surface area (Å²) in [6.07, 6.45) is 5.28. The molecule has 1 spiro atoms. The first kappa shape index (κ1) is 18.6. The molecule has 0 bridgehead atoms.